The van der Waals surface area contributed by atoms with Crippen LogP contribution in [0, 0.1) is 10.1 Å². The molecule has 0 saturated heterocycles. The topological polar surface area (TPSA) is 75.4 Å². The zero-order valence-electron chi connectivity index (χ0n) is 6.73. The number of anilines is 1. The van der Waals surface area contributed by atoms with E-state index in [2.05, 4.69) is 5.32 Å². The number of nitro benzene ring substituents is 1. The molecule has 0 aromatic heterocycles. The van der Waals surface area contributed by atoms with Gasteiger partial charge in [-0.25, -0.2) is 0 Å². The minimum atomic E-state index is -0.614. The summed E-state index contributed by atoms with van der Waals surface area (Å²) < 4.78 is 0. The van der Waals surface area contributed by atoms with Crippen LogP contribution < -0.4 is 5.32 Å². The Morgan fingerprint density at radius 3 is 3.08 bits per heavy atom. The fraction of sp³-hybridized carbons (Fsp3) is 0.250. The van der Waals surface area contributed by atoms with E-state index in [4.69, 9.17) is 0 Å². The summed E-state index contributed by atoms with van der Waals surface area (Å²) in [5.41, 5.74) is 1.63. The molecule has 5 nitrogen and oxygen atoms in total. The van der Waals surface area contributed by atoms with Crippen molar-refractivity contribution in [2.45, 2.75) is 12.6 Å². The Bertz CT molecular complexity index is 364. The van der Waals surface area contributed by atoms with Crippen molar-refractivity contribution in [1.29, 1.82) is 0 Å². The Hall–Kier alpha value is -1.62. The van der Waals surface area contributed by atoms with Crippen molar-refractivity contribution >= 4 is 11.4 Å². The second-order valence-corrected chi connectivity index (χ2v) is 2.96. The van der Waals surface area contributed by atoms with Crippen molar-refractivity contribution < 1.29 is 10.0 Å². The van der Waals surface area contributed by atoms with E-state index in [1.807, 2.05) is 0 Å². The quantitative estimate of drug-likeness (QED) is 0.497. The molecule has 1 aliphatic rings. The van der Waals surface area contributed by atoms with E-state index < -0.39 is 11.2 Å². The van der Waals surface area contributed by atoms with Gasteiger partial charge in [0.05, 0.1) is 4.92 Å². The number of rotatable bonds is 1. The largest absolute Gasteiger partial charge is 0.373 e. The van der Waals surface area contributed by atoms with Gasteiger partial charge in [-0.3, -0.25) is 10.1 Å². The number of hydrogen-bond acceptors (Lipinski definition) is 4. The van der Waals surface area contributed by atoms with Crippen LogP contribution in [0.25, 0.3) is 0 Å². The van der Waals surface area contributed by atoms with Gasteiger partial charge in [0.2, 0.25) is 0 Å². The van der Waals surface area contributed by atoms with Gasteiger partial charge in [-0.2, -0.15) is 0 Å². The molecule has 0 bridgehead atoms. The molecule has 0 aliphatic carbocycles. The summed E-state index contributed by atoms with van der Waals surface area (Å²) in [7, 11) is 0. The van der Waals surface area contributed by atoms with Crippen molar-refractivity contribution in [3.05, 3.63) is 33.9 Å². The molecule has 2 N–H and O–H groups in total. The molecule has 1 aromatic rings. The SMILES string of the molecule is O=[N+]([O-])c1ccc2c(c1)CC(O)N2. The molecule has 2 rings (SSSR count). The van der Waals surface area contributed by atoms with Crippen LogP contribution in [0.2, 0.25) is 0 Å². The van der Waals surface area contributed by atoms with Crippen LogP contribution in [0.3, 0.4) is 0 Å². The van der Waals surface area contributed by atoms with Crippen molar-refractivity contribution in [1.82, 2.24) is 0 Å². The Morgan fingerprint density at radius 2 is 2.38 bits per heavy atom. The van der Waals surface area contributed by atoms with Gasteiger partial charge in [0.25, 0.3) is 5.69 Å². The van der Waals surface area contributed by atoms with Gasteiger partial charge < -0.3 is 10.4 Å². The first-order chi connectivity index (χ1) is 6.16. The molecular weight excluding hydrogens is 172 g/mol. The molecule has 68 valence electrons. The summed E-state index contributed by atoms with van der Waals surface area (Å²) in [5, 5.41) is 22.4. The molecule has 1 aliphatic heterocycles. The molecular formula is C8H8N2O3. The zero-order valence-corrected chi connectivity index (χ0v) is 6.73. The van der Waals surface area contributed by atoms with E-state index in [9.17, 15) is 15.2 Å². The normalized spacial score (nSPS) is 19.3. The molecule has 1 unspecified atom stereocenters. The first kappa shape index (κ1) is 8.00. The molecule has 1 atom stereocenters. The third-order valence-corrected chi connectivity index (χ3v) is 2.04. The van der Waals surface area contributed by atoms with Gasteiger partial charge in [0, 0.05) is 24.2 Å². The number of non-ortho nitro benzene ring substituents is 1. The summed E-state index contributed by atoms with van der Waals surface area (Å²) in [5.74, 6) is 0. The van der Waals surface area contributed by atoms with Gasteiger partial charge in [-0.15, -0.1) is 0 Å². The Morgan fingerprint density at radius 1 is 1.62 bits per heavy atom. The Labute approximate surface area is 74.2 Å². The van der Waals surface area contributed by atoms with Crippen LogP contribution >= 0.6 is 0 Å². The van der Waals surface area contributed by atoms with Crippen molar-refractivity contribution in [2.75, 3.05) is 5.32 Å². The van der Waals surface area contributed by atoms with E-state index in [1.165, 1.54) is 12.1 Å². The Balaban J connectivity index is 2.40. The van der Waals surface area contributed by atoms with Gasteiger partial charge >= 0.3 is 0 Å². The first-order valence-electron chi connectivity index (χ1n) is 3.89. The summed E-state index contributed by atoms with van der Waals surface area (Å²) >= 11 is 0. The molecule has 0 saturated carbocycles. The molecule has 0 fully saturated rings. The number of nitrogens with one attached hydrogen (secondary N) is 1. The fourth-order valence-corrected chi connectivity index (χ4v) is 1.44. The zero-order chi connectivity index (χ0) is 9.42. The smallest absolute Gasteiger partial charge is 0.269 e. The highest BCUT2D eigenvalue weighted by Crippen LogP contribution is 2.28. The standard InChI is InChI=1S/C8H8N2O3/c11-8-4-5-3-6(10(12)13)1-2-7(5)9-8/h1-3,8-9,11H,4H2. The molecule has 0 spiro atoms. The maximum absolute atomic E-state index is 10.4. The van der Waals surface area contributed by atoms with E-state index >= 15 is 0 Å². The third kappa shape index (κ3) is 1.33. The predicted molar refractivity (Wildman–Crippen MR) is 46.4 cm³/mol. The third-order valence-electron chi connectivity index (χ3n) is 2.04. The number of aliphatic hydroxyl groups excluding tert-OH is 1. The highest BCUT2D eigenvalue weighted by Gasteiger charge is 2.20. The first-order valence-corrected chi connectivity index (χ1v) is 3.89. The van der Waals surface area contributed by atoms with Crippen molar-refractivity contribution in [3.8, 4) is 0 Å². The summed E-state index contributed by atoms with van der Waals surface area (Å²) in [6.45, 7) is 0. The highest BCUT2D eigenvalue weighted by atomic mass is 16.6. The monoisotopic (exact) mass is 180 g/mol. The highest BCUT2D eigenvalue weighted by molar-refractivity contribution is 5.59. The number of nitro groups is 1. The lowest BCUT2D eigenvalue weighted by Gasteiger charge is -2.00. The number of aliphatic hydroxyl groups is 1. The molecule has 0 radical (unpaired) electrons. The average molecular weight is 180 g/mol. The second kappa shape index (κ2) is 2.70. The van der Waals surface area contributed by atoms with E-state index in [0.717, 1.165) is 11.3 Å². The number of nitrogens with zero attached hydrogens (tertiary/aromatic N) is 1. The van der Waals surface area contributed by atoms with Crippen LogP contribution in [-0.4, -0.2) is 16.3 Å². The molecule has 5 heteroatoms. The number of benzene rings is 1. The number of fused-ring (bicyclic) bond motifs is 1. The lowest BCUT2D eigenvalue weighted by molar-refractivity contribution is -0.384. The molecule has 0 amide bonds. The van der Waals surface area contributed by atoms with Crippen LogP contribution in [0.15, 0.2) is 18.2 Å². The van der Waals surface area contributed by atoms with Crippen LogP contribution in [-0.2, 0) is 6.42 Å². The fourth-order valence-electron chi connectivity index (χ4n) is 1.44. The van der Waals surface area contributed by atoms with Gasteiger partial charge in [0.1, 0.15) is 6.23 Å². The van der Waals surface area contributed by atoms with E-state index in [1.54, 1.807) is 6.07 Å². The molecule has 1 aromatic carbocycles. The maximum atomic E-state index is 10.4. The summed E-state index contributed by atoms with van der Waals surface area (Å²) in [6.07, 6.45) is -0.186. The van der Waals surface area contributed by atoms with E-state index in [0.29, 0.717) is 6.42 Å². The minimum Gasteiger partial charge on any atom is -0.373 e. The second-order valence-electron chi connectivity index (χ2n) is 2.96. The predicted octanol–water partition coefficient (Wildman–Crippen LogP) is 0.881. The lowest BCUT2D eigenvalue weighted by Crippen LogP contribution is -2.12. The Kier molecular flexibility index (Phi) is 1.66. The van der Waals surface area contributed by atoms with Crippen molar-refractivity contribution in [2.24, 2.45) is 0 Å². The number of hydrogen-bond donors (Lipinski definition) is 2. The lowest BCUT2D eigenvalue weighted by atomic mass is 10.1. The molecule has 1 heterocycles. The minimum absolute atomic E-state index is 0.0645. The van der Waals surface area contributed by atoms with Gasteiger partial charge in [-0.05, 0) is 11.6 Å². The van der Waals surface area contributed by atoms with E-state index in [-0.39, 0.29) is 5.69 Å². The van der Waals surface area contributed by atoms with Crippen molar-refractivity contribution in [3.63, 3.8) is 0 Å². The van der Waals surface area contributed by atoms with Crippen LogP contribution in [0.5, 0.6) is 0 Å². The van der Waals surface area contributed by atoms with Crippen LogP contribution in [0.4, 0.5) is 11.4 Å². The molecule has 13 heavy (non-hydrogen) atoms. The summed E-state index contributed by atoms with van der Waals surface area (Å²) in [6, 6.07) is 4.52. The average Bonchev–Trinajstić information content (AvgIpc) is 2.42. The maximum Gasteiger partial charge on any atom is 0.269 e. The van der Waals surface area contributed by atoms with Crippen LogP contribution in [0.1, 0.15) is 5.56 Å². The van der Waals surface area contributed by atoms with Gasteiger partial charge in [0.15, 0.2) is 0 Å². The summed E-state index contributed by atoms with van der Waals surface area (Å²) in [4.78, 5) is 9.97. The van der Waals surface area contributed by atoms with Gasteiger partial charge in [-0.1, -0.05) is 0 Å².